The highest BCUT2D eigenvalue weighted by atomic mass is 32.1. The summed E-state index contributed by atoms with van der Waals surface area (Å²) in [6.07, 6.45) is 4.49. The second-order valence-electron chi connectivity index (χ2n) is 3.91. The van der Waals surface area contributed by atoms with Gasteiger partial charge in [0, 0.05) is 18.2 Å². The summed E-state index contributed by atoms with van der Waals surface area (Å²) in [4.78, 5) is 17.5. The molecule has 1 aromatic rings. The van der Waals surface area contributed by atoms with E-state index in [-0.39, 0.29) is 12.5 Å². The van der Waals surface area contributed by atoms with Gasteiger partial charge in [-0.25, -0.2) is 4.98 Å². The van der Waals surface area contributed by atoms with Crippen LogP contribution in [0.1, 0.15) is 19.3 Å². The van der Waals surface area contributed by atoms with Crippen LogP contribution in [0.5, 0.6) is 0 Å². The number of thiazole rings is 1. The molecule has 0 aliphatic heterocycles. The first-order chi connectivity index (χ1) is 8.22. The number of hydrogen-bond acceptors (Lipinski definition) is 5. The standard InChI is InChI=1S/C11H19N3O2S/c1-14(6-3-2-4-7-15)9-10(16)13-11-12-5-8-17-11/h5,8,15H,2-4,6-7,9H2,1H3,(H,12,13,16). The molecule has 0 saturated carbocycles. The highest BCUT2D eigenvalue weighted by Gasteiger charge is 2.07. The van der Waals surface area contributed by atoms with Crippen LogP contribution in [-0.2, 0) is 4.79 Å². The van der Waals surface area contributed by atoms with Crippen molar-refractivity contribution >= 4 is 22.4 Å². The van der Waals surface area contributed by atoms with Gasteiger partial charge in [-0.3, -0.25) is 9.69 Å². The molecule has 0 spiro atoms. The Balaban J connectivity index is 2.13. The molecular weight excluding hydrogens is 238 g/mol. The fourth-order valence-electron chi connectivity index (χ4n) is 1.44. The molecule has 0 unspecified atom stereocenters. The molecule has 0 radical (unpaired) electrons. The van der Waals surface area contributed by atoms with E-state index in [4.69, 9.17) is 5.11 Å². The minimum absolute atomic E-state index is 0.0374. The van der Waals surface area contributed by atoms with E-state index in [9.17, 15) is 4.79 Å². The summed E-state index contributed by atoms with van der Waals surface area (Å²) in [6.45, 7) is 1.48. The van der Waals surface area contributed by atoms with Crippen LogP contribution in [0.2, 0.25) is 0 Å². The summed E-state index contributed by atoms with van der Waals surface area (Å²) in [6, 6.07) is 0. The molecule has 1 heterocycles. The lowest BCUT2D eigenvalue weighted by Crippen LogP contribution is -2.30. The first-order valence-corrected chi connectivity index (χ1v) is 6.59. The van der Waals surface area contributed by atoms with E-state index in [2.05, 4.69) is 10.3 Å². The Morgan fingerprint density at radius 3 is 3.00 bits per heavy atom. The third kappa shape index (κ3) is 6.35. The lowest BCUT2D eigenvalue weighted by atomic mass is 10.2. The average Bonchev–Trinajstić information content (AvgIpc) is 2.77. The fourth-order valence-corrected chi connectivity index (χ4v) is 1.98. The highest BCUT2D eigenvalue weighted by Crippen LogP contribution is 2.09. The van der Waals surface area contributed by atoms with Crippen LogP contribution in [0, 0.1) is 0 Å². The highest BCUT2D eigenvalue weighted by molar-refractivity contribution is 7.13. The van der Waals surface area contributed by atoms with E-state index in [1.165, 1.54) is 11.3 Å². The van der Waals surface area contributed by atoms with Gasteiger partial charge in [-0.1, -0.05) is 0 Å². The smallest absolute Gasteiger partial charge is 0.240 e. The van der Waals surface area contributed by atoms with Crippen molar-refractivity contribution in [3.8, 4) is 0 Å². The van der Waals surface area contributed by atoms with Gasteiger partial charge in [-0.15, -0.1) is 11.3 Å². The van der Waals surface area contributed by atoms with Gasteiger partial charge in [0.2, 0.25) is 5.91 Å². The number of hydrogen-bond donors (Lipinski definition) is 2. The molecule has 96 valence electrons. The van der Waals surface area contributed by atoms with E-state index in [0.29, 0.717) is 11.7 Å². The Bertz CT molecular complexity index is 317. The number of nitrogens with zero attached hydrogens (tertiary/aromatic N) is 2. The van der Waals surface area contributed by atoms with E-state index in [0.717, 1.165) is 25.8 Å². The number of aromatic nitrogens is 1. The number of nitrogens with one attached hydrogen (secondary N) is 1. The molecule has 17 heavy (non-hydrogen) atoms. The van der Waals surface area contributed by atoms with Gasteiger partial charge < -0.3 is 10.4 Å². The minimum Gasteiger partial charge on any atom is -0.396 e. The Hall–Kier alpha value is -0.980. The topological polar surface area (TPSA) is 65.5 Å². The monoisotopic (exact) mass is 257 g/mol. The van der Waals surface area contributed by atoms with Gasteiger partial charge in [-0.05, 0) is 32.9 Å². The molecule has 5 nitrogen and oxygen atoms in total. The Morgan fingerprint density at radius 2 is 2.35 bits per heavy atom. The van der Waals surface area contributed by atoms with Crippen molar-refractivity contribution in [1.29, 1.82) is 0 Å². The molecule has 1 rings (SSSR count). The minimum atomic E-state index is -0.0374. The van der Waals surface area contributed by atoms with Crippen LogP contribution in [0.3, 0.4) is 0 Å². The summed E-state index contributed by atoms with van der Waals surface area (Å²) < 4.78 is 0. The quantitative estimate of drug-likeness (QED) is 0.686. The van der Waals surface area contributed by atoms with E-state index < -0.39 is 0 Å². The molecular formula is C11H19N3O2S. The number of carbonyl (C=O) groups is 1. The number of unbranched alkanes of at least 4 members (excludes halogenated alkanes) is 2. The number of amides is 1. The van der Waals surface area contributed by atoms with Crippen LogP contribution in [-0.4, -0.2) is 47.6 Å². The maximum Gasteiger partial charge on any atom is 0.240 e. The van der Waals surface area contributed by atoms with Crippen LogP contribution in [0.15, 0.2) is 11.6 Å². The van der Waals surface area contributed by atoms with E-state index in [1.807, 2.05) is 17.3 Å². The van der Waals surface area contributed by atoms with Crippen molar-refractivity contribution in [2.24, 2.45) is 0 Å². The van der Waals surface area contributed by atoms with Crippen LogP contribution < -0.4 is 5.32 Å². The van der Waals surface area contributed by atoms with Crippen LogP contribution in [0.4, 0.5) is 5.13 Å². The summed E-state index contributed by atoms with van der Waals surface area (Å²) >= 11 is 1.41. The molecule has 6 heteroatoms. The van der Waals surface area contributed by atoms with Gasteiger partial charge in [-0.2, -0.15) is 0 Å². The zero-order valence-electron chi connectivity index (χ0n) is 10.1. The third-order valence-electron chi connectivity index (χ3n) is 2.29. The van der Waals surface area contributed by atoms with Crippen molar-refractivity contribution in [2.75, 3.05) is 32.1 Å². The molecule has 0 aliphatic carbocycles. The predicted octanol–water partition coefficient (Wildman–Crippen LogP) is 1.18. The SMILES string of the molecule is CN(CCCCCO)CC(=O)Nc1nccs1. The molecule has 1 aromatic heterocycles. The van der Waals surface area contributed by atoms with Gasteiger partial charge in [0.1, 0.15) is 0 Å². The average molecular weight is 257 g/mol. The van der Waals surface area contributed by atoms with Gasteiger partial charge >= 0.3 is 0 Å². The molecule has 0 fully saturated rings. The fraction of sp³-hybridized carbons (Fsp3) is 0.636. The van der Waals surface area contributed by atoms with E-state index >= 15 is 0 Å². The maximum atomic E-state index is 11.6. The predicted molar refractivity (Wildman–Crippen MR) is 69.2 cm³/mol. The van der Waals surface area contributed by atoms with Crippen molar-refractivity contribution in [3.63, 3.8) is 0 Å². The summed E-state index contributed by atoms with van der Waals surface area (Å²) in [5.74, 6) is -0.0374. The van der Waals surface area contributed by atoms with Crippen molar-refractivity contribution in [1.82, 2.24) is 9.88 Å². The first-order valence-electron chi connectivity index (χ1n) is 5.71. The normalized spacial score (nSPS) is 10.8. The van der Waals surface area contributed by atoms with Gasteiger partial charge in [0.25, 0.3) is 0 Å². The molecule has 0 aliphatic rings. The lowest BCUT2D eigenvalue weighted by molar-refractivity contribution is -0.117. The van der Waals surface area contributed by atoms with E-state index in [1.54, 1.807) is 6.20 Å². The molecule has 2 N–H and O–H groups in total. The van der Waals surface area contributed by atoms with Crippen LogP contribution >= 0.6 is 11.3 Å². The van der Waals surface area contributed by atoms with Crippen molar-refractivity contribution in [2.45, 2.75) is 19.3 Å². The number of aliphatic hydroxyl groups excluding tert-OH is 1. The van der Waals surface area contributed by atoms with Gasteiger partial charge in [0.05, 0.1) is 6.54 Å². The maximum absolute atomic E-state index is 11.6. The summed E-state index contributed by atoms with van der Waals surface area (Å²) in [7, 11) is 1.92. The van der Waals surface area contributed by atoms with Crippen molar-refractivity contribution < 1.29 is 9.90 Å². The zero-order valence-corrected chi connectivity index (χ0v) is 10.9. The van der Waals surface area contributed by atoms with Gasteiger partial charge in [0.15, 0.2) is 5.13 Å². The third-order valence-corrected chi connectivity index (χ3v) is 2.98. The number of aliphatic hydroxyl groups is 1. The van der Waals surface area contributed by atoms with Crippen molar-refractivity contribution in [3.05, 3.63) is 11.6 Å². The Labute approximate surface area is 105 Å². The second kappa shape index (κ2) is 8.16. The number of carbonyl (C=O) groups excluding carboxylic acids is 1. The first kappa shape index (κ1) is 14.1. The van der Waals surface area contributed by atoms with Crippen LogP contribution in [0.25, 0.3) is 0 Å². The number of anilines is 1. The lowest BCUT2D eigenvalue weighted by Gasteiger charge is -2.15. The second-order valence-corrected chi connectivity index (χ2v) is 4.80. The zero-order chi connectivity index (χ0) is 12.5. The number of rotatable bonds is 8. The largest absolute Gasteiger partial charge is 0.396 e. The number of likely N-dealkylation sites (N-methyl/N-ethyl adjacent to an activating group) is 1. The molecule has 0 saturated heterocycles. The molecule has 0 bridgehead atoms. The Morgan fingerprint density at radius 1 is 1.53 bits per heavy atom. The molecule has 1 amide bonds. The Kier molecular flexibility index (Phi) is 6.76. The summed E-state index contributed by atoms with van der Waals surface area (Å²) in [5, 5.41) is 13.8. The molecule has 0 aromatic carbocycles. The molecule has 0 atom stereocenters. The summed E-state index contributed by atoms with van der Waals surface area (Å²) in [5.41, 5.74) is 0.